The summed E-state index contributed by atoms with van der Waals surface area (Å²) in [6.45, 7) is 5.55. The van der Waals surface area contributed by atoms with Crippen LogP contribution in [0.15, 0.2) is 23.2 Å². The Kier molecular flexibility index (Phi) is 13.3. The zero-order valence-electron chi connectivity index (χ0n) is 18.0. The van der Waals surface area contributed by atoms with Gasteiger partial charge in [0.2, 0.25) is 5.91 Å². The fourth-order valence-electron chi connectivity index (χ4n) is 2.72. The van der Waals surface area contributed by atoms with Gasteiger partial charge in [-0.1, -0.05) is 0 Å². The fourth-order valence-corrected chi connectivity index (χ4v) is 2.72. The van der Waals surface area contributed by atoms with Gasteiger partial charge in [-0.05, 0) is 25.1 Å². The van der Waals surface area contributed by atoms with Crippen LogP contribution < -0.4 is 15.4 Å². The second-order valence-corrected chi connectivity index (χ2v) is 7.04. The molecular weight excluding hydrogens is 523 g/mol. The molecular formula is C20H32F2IN5O3. The molecule has 1 saturated heterocycles. The van der Waals surface area contributed by atoms with Gasteiger partial charge in [0.25, 0.3) is 0 Å². The van der Waals surface area contributed by atoms with Crippen molar-refractivity contribution in [3.8, 4) is 5.75 Å². The van der Waals surface area contributed by atoms with E-state index in [-0.39, 0.29) is 48.8 Å². The highest BCUT2D eigenvalue weighted by atomic mass is 127. The van der Waals surface area contributed by atoms with Gasteiger partial charge in [0.15, 0.2) is 17.5 Å². The number of nitrogens with one attached hydrogen (secondary N) is 2. The highest BCUT2D eigenvalue weighted by molar-refractivity contribution is 14.0. The maximum Gasteiger partial charge on any atom is 0.243 e. The van der Waals surface area contributed by atoms with Crippen molar-refractivity contribution in [3.05, 3.63) is 29.8 Å². The third kappa shape index (κ3) is 10.9. The number of morpholine rings is 1. The summed E-state index contributed by atoms with van der Waals surface area (Å²) >= 11 is 0. The minimum Gasteiger partial charge on any atom is -0.489 e. The lowest BCUT2D eigenvalue weighted by Crippen LogP contribution is -2.42. The molecule has 1 heterocycles. The van der Waals surface area contributed by atoms with Crippen LogP contribution in [0.4, 0.5) is 8.78 Å². The van der Waals surface area contributed by atoms with Gasteiger partial charge in [0.05, 0.1) is 19.8 Å². The molecule has 2 N–H and O–H groups in total. The number of amides is 1. The first kappa shape index (κ1) is 27.3. The zero-order valence-corrected chi connectivity index (χ0v) is 20.4. The quantitative estimate of drug-likeness (QED) is 0.196. The lowest BCUT2D eigenvalue weighted by atomic mass is 10.3. The molecule has 0 unspecified atom stereocenters. The van der Waals surface area contributed by atoms with Crippen LogP contribution in [0.1, 0.15) is 6.42 Å². The second kappa shape index (κ2) is 15.1. The van der Waals surface area contributed by atoms with E-state index in [0.29, 0.717) is 19.0 Å². The van der Waals surface area contributed by atoms with E-state index in [2.05, 4.69) is 20.5 Å². The van der Waals surface area contributed by atoms with Crippen molar-refractivity contribution in [3.63, 3.8) is 0 Å². The van der Waals surface area contributed by atoms with Crippen LogP contribution in [0.5, 0.6) is 5.75 Å². The molecule has 0 aliphatic carbocycles. The van der Waals surface area contributed by atoms with Gasteiger partial charge < -0.3 is 25.0 Å². The van der Waals surface area contributed by atoms with Crippen molar-refractivity contribution in [1.29, 1.82) is 0 Å². The van der Waals surface area contributed by atoms with Crippen LogP contribution in [-0.4, -0.2) is 94.9 Å². The van der Waals surface area contributed by atoms with Crippen LogP contribution >= 0.6 is 24.0 Å². The molecule has 1 aromatic rings. The van der Waals surface area contributed by atoms with E-state index < -0.39 is 11.6 Å². The summed E-state index contributed by atoms with van der Waals surface area (Å²) in [5.41, 5.74) is 0. The molecule has 1 fully saturated rings. The number of hydrogen-bond donors (Lipinski definition) is 2. The molecule has 0 atom stereocenters. The Hall–Kier alpha value is -1.73. The molecule has 1 aliphatic rings. The van der Waals surface area contributed by atoms with E-state index in [9.17, 15) is 13.6 Å². The Morgan fingerprint density at radius 2 is 1.94 bits per heavy atom. The Morgan fingerprint density at radius 3 is 2.61 bits per heavy atom. The predicted octanol–water partition coefficient (Wildman–Crippen LogP) is 1.31. The molecule has 0 radical (unpaired) electrons. The van der Waals surface area contributed by atoms with Gasteiger partial charge >= 0.3 is 0 Å². The number of aliphatic imine (C=N–C) groups is 1. The highest BCUT2D eigenvalue weighted by Gasteiger charge is 2.10. The van der Waals surface area contributed by atoms with Crippen molar-refractivity contribution < 1.29 is 23.0 Å². The maximum atomic E-state index is 13.6. The molecule has 1 aliphatic heterocycles. The number of carbonyl (C=O) groups is 1. The summed E-state index contributed by atoms with van der Waals surface area (Å²) in [7, 11) is 3.34. The van der Waals surface area contributed by atoms with Crippen LogP contribution in [0.2, 0.25) is 0 Å². The van der Waals surface area contributed by atoms with Gasteiger partial charge in [0.1, 0.15) is 19.0 Å². The number of carbonyl (C=O) groups excluding carboxylic acids is 1. The predicted molar refractivity (Wildman–Crippen MR) is 126 cm³/mol. The van der Waals surface area contributed by atoms with E-state index in [0.717, 1.165) is 51.4 Å². The summed E-state index contributed by atoms with van der Waals surface area (Å²) in [4.78, 5) is 19.9. The fraction of sp³-hybridized carbons (Fsp3) is 0.600. The monoisotopic (exact) mass is 555 g/mol. The topological polar surface area (TPSA) is 78.4 Å². The van der Waals surface area contributed by atoms with Crippen LogP contribution in [0.25, 0.3) is 0 Å². The Morgan fingerprint density at radius 1 is 1.23 bits per heavy atom. The van der Waals surface area contributed by atoms with E-state index >= 15 is 0 Å². The molecule has 1 aromatic carbocycles. The number of halogens is 3. The lowest BCUT2D eigenvalue weighted by molar-refractivity contribution is -0.127. The average molecular weight is 555 g/mol. The number of likely N-dealkylation sites (N-methyl/N-ethyl adjacent to an activating group) is 1. The summed E-state index contributed by atoms with van der Waals surface area (Å²) in [5, 5.41) is 6.27. The molecule has 176 valence electrons. The minimum absolute atomic E-state index is 0. The minimum atomic E-state index is -0.748. The molecule has 11 heteroatoms. The third-order valence-corrected chi connectivity index (χ3v) is 4.46. The molecule has 31 heavy (non-hydrogen) atoms. The Labute approximate surface area is 199 Å². The summed E-state index contributed by atoms with van der Waals surface area (Å²) in [5.74, 6) is -1.05. The van der Waals surface area contributed by atoms with Crippen LogP contribution in [0, 0.1) is 11.6 Å². The zero-order chi connectivity index (χ0) is 21.8. The number of hydrogen-bond acceptors (Lipinski definition) is 5. The number of rotatable bonds is 10. The summed E-state index contributed by atoms with van der Waals surface area (Å²) in [6, 6.07) is 3.17. The highest BCUT2D eigenvalue weighted by Crippen LogP contribution is 2.17. The standard InChI is InChI=1S/C20H31F2N5O3.HI/c1-26(2)19(28)15-25-20(23-6-3-8-27-9-12-29-13-10-27)24-7-11-30-18-5-4-16(21)14-17(18)22;/h4-5,14H,3,6-13,15H2,1-2H3,(H2,23,24,25);1H. The van der Waals surface area contributed by atoms with Crippen molar-refractivity contribution >= 4 is 35.8 Å². The normalized spacial score (nSPS) is 14.5. The molecule has 0 saturated carbocycles. The maximum absolute atomic E-state index is 13.6. The van der Waals surface area contributed by atoms with Crippen molar-refractivity contribution in [2.75, 3.05) is 73.2 Å². The summed E-state index contributed by atoms with van der Waals surface area (Å²) < 4.78 is 37.2. The Bertz CT molecular complexity index is 703. The van der Waals surface area contributed by atoms with Gasteiger partial charge in [-0.25, -0.2) is 13.8 Å². The van der Waals surface area contributed by atoms with E-state index in [1.165, 1.54) is 11.0 Å². The number of ether oxygens (including phenoxy) is 2. The molecule has 2 rings (SSSR count). The van der Waals surface area contributed by atoms with E-state index in [1.54, 1.807) is 14.1 Å². The number of nitrogens with zero attached hydrogens (tertiary/aromatic N) is 3. The third-order valence-electron chi connectivity index (χ3n) is 4.46. The molecule has 0 bridgehead atoms. The smallest absolute Gasteiger partial charge is 0.243 e. The molecule has 8 nitrogen and oxygen atoms in total. The van der Waals surface area contributed by atoms with E-state index in [4.69, 9.17) is 9.47 Å². The first-order valence-electron chi connectivity index (χ1n) is 10.1. The van der Waals surface area contributed by atoms with Crippen molar-refractivity contribution in [1.82, 2.24) is 20.4 Å². The largest absolute Gasteiger partial charge is 0.489 e. The number of benzene rings is 1. The Balaban J connectivity index is 0.00000480. The van der Waals surface area contributed by atoms with Crippen molar-refractivity contribution in [2.24, 2.45) is 4.99 Å². The molecule has 1 amide bonds. The molecule has 0 aromatic heterocycles. The average Bonchev–Trinajstić information content (AvgIpc) is 2.73. The number of guanidine groups is 1. The lowest BCUT2D eigenvalue weighted by Gasteiger charge is -2.26. The van der Waals surface area contributed by atoms with Gasteiger partial charge in [-0.15, -0.1) is 24.0 Å². The van der Waals surface area contributed by atoms with Gasteiger partial charge in [-0.2, -0.15) is 0 Å². The first-order chi connectivity index (χ1) is 14.5. The molecule has 0 spiro atoms. The van der Waals surface area contributed by atoms with Gasteiger partial charge in [0, 0.05) is 39.8 Å². The van der Waals surface area contributed by atoms with E-state index in [1.807, 2.05) is 0 Å². The van der Waals surface area contributed by atoms with Crippen molar-refractivity contribution in [2.45, 2.75) is 6.42 Å². The SMILES string of the molecule is CN(C)C(=O)CN=C(NCCCN1CCOCC1)NCCOc1ccc(F)cc1F.I. The van der Waals surface area contributed by atoms with Crippen LogP contribution in [-0.2, 0) is 9.53 Å². The first-order valence-corrected chi connectivity index (χ1v) is 10.1. The van der Waals surface area contributed by atoms with Crippen LogP contribution in [0.3, 0.4) is 0 Å². The van der Waals surface area contributed by atoms with Gasteiger partial charge in [-0.3, -0.25) is 9.69 Å². The second-order valence-electron chi connectivity index (χ2n) is 7.04. The summed E-state index contributed by atoms with van der Waals surface area (Å²) in [6.07, 6.45) is 0.916.